The highest BCUT2D eigenvalue weighted by atomic mass is 35.5. The standard InChI is InChI=1S/C15H14ClN3OS/c1-20-14-8-2-11(3-9-14)10-17-19-15(21)18-13-6-4-12(16)5-7-13/h2-10H,1H3,(H2,18,19,21)/b17-10+. The van der Waals surface area contributed by atoms with Crippen molar-refractivity contribution in [3.8, 4) is 5.75 Å². The molecule has 108 valence electrons. The van der Waals surface area contributed by atoms with Gasteiger partial charge in [-0.05, 0) is 66.3 Å². The summed E-state index contributed by atoms with van der Waals surface area (Å²) >= 11 is 10.9. The topological polar surface area (TPSA) is 45.6 Å². The minimum atomic E-state index is 0.405. The van der Waals surface area contributed by atoms with Gasteiger partial charge in [0.15, 0.2) is 5.11 Å². The molecule has 0 unspecified atom stereocenters. The summed E-state index contributed by atoms with van der Waals surface area (Å²) < 4.78 is 5.09. The molecule has 0 aliphatic rings. The van der Waals surface area contributed by atoms with Gasteiger partial charge in [0.05, 0.1) is 13.3 Å². The maximum Gasteiger partial charge on any atom is 0.191 e. The van der Waals surface area contributed by atoms with E-state index in [1.54, 1.807) is 25.5 Å². The van der Waals surface area contributed by atoms with E-state index < -0.39 is 0 Å². The molecule has 0 aliphatic heterocycles. The predicted octanol–water partition coefficient (Wildman–Crippen LogP) is 3.67. The van der Waals surface area contributed by atoms with Gasteiger partial charge < -0.3 is 10.1 Å². The molecule has 0 bridgehead atoms. The number of hydrazone groups is 1. The molecule has 4 nitrogen and oxygen atoms in total. The average molecular weight is 320 g/mol. The van der Waals surface area contributed by atoms with E-state index in [1.807, 2.05) is 36.4 Å². The second-order valence-corrected chi connectivity index (χ2v) is 4.95. The molecule has 0 fully saturated rings. The number of anilines is 1. The van der Waals surface area contributed by atoms with Gasteiger partial charge in [-0.25, -0.2) is 0 Å². The molecule has 0 heterocycles. The van der Waals surface area contributed by atoms with Gasteiger partial charge in [0, 0.05) is 10.7 Å². The quantitative estimate of drug-likeness (QED) is 0.513. The predicted molar refractivity (Wildman–Crippen MR) is 91.4 cm³/mol. The zero-order valence-corrected chi connectivity index (χ0v) is 12.9. The van der Waals surface area contributed by atoms with Crippen molar-refractivity contribution in [2.45, 2.75) is 0 Å². The summed E-state index contributed by atoms with van der Waals surface area (Å²) in [6.07, 6.45) is 1.68. The second-order valence-electron chi connectivity index (χ2n) is 4.10. The normalized spacial score (nSPS) is 10.4. The number of hydrogen-bond acceptors (Lipinski definition) is 3. The first-order valence-corrected chi connectivity index (χ1v) is 6.95. The fourth-order valence-corrected chi connectivity index (χ4v) is 1.84. The van der Waals surface area contributed by atoms with Crippen molar-refractivity contribution >= 4 is 40.8 Å². The Bertz CT molecular complexity index is 626. The molecule has 0 aliphatic carbocycles. The lowest BCUT2D eigenvalue weighted by atomic mass is 10.2. The van der Waals surface area contributed by atoms with Gasteiger partial charge in [-0.2, -0.15) is 5.10 Å². The number of thiocarbonyl (C=S) groups is 1. The number of ether oxygens (including phenoxy) is 1. The maximum absolute atomic E-state index is 5.81. The summed E-state index contributed by atoms with van der Waals surface area (Å²) in [5, 5.41) is 8.15. The lowest BCUT2D eigenvalue weighted by molar-refractivity contribution is 0.415. The first kappa shape index (κ1) is 15.3. The van der Waals surface area contributed by atoms with Crippen LogP contribution in [0.3, 0.4) is 0 Å². The molecule has 0 aromatic heterocycles. The third-order valence-electron chi connectivity index (χ3n) is 2.60. The van der Waals surface area contributed by atoms with Gasteiger partial charge in [0.25, 0.3) is 0 Å². The molecule has 0 amide bonds. The number of nitrogens with one attached hydrogen (secondary N) is 2. The SMILES string of the molecule is COc1ccc(/C=N/NC(=S)Nc2ccc(Cl)cc2)cc1. The van der Waals surface area contributed by atoms with Gasteiger partial charge in [-0.1, -0.05) is 11.6 Å². The van der Waals surface area contributed by atoms with Crippen LogP contribution >= 0.6 is 23.8 Å². The Balaban J connectivity index is 1.85. The van der Waals surface area contributed by atoms with E-state index in [4.69, 9.17) is 28.6 Å². The van der Waals surface area contributed by atoms with Crippen molar-refractivity contribution in [1.82, 2.24) is 5.43 Å². The number of rotatable bonds is 4. The van der Waals surface area contributed by atoms with E-state index in [0.717, 1.165) is 17.0 Å². The van der Waals surface area contributed by atoms with E-state index in [9.17, 15) is 0 Å². The fraction of sp³-hybridized carbons (Fsp3) is 0.0667. The Morgan fingerprint density at radius 3 is 2.43 bits per heavy atom. The second kappa shape index (κ2) is 7.61. The molecule has 2 N–H and O–H groups in total. The molecule has 0 saturated carbocycles. The first-order chi connectivity index (χ1) is 10.2. The molecule has 2 rings (SSSR count). The average Bonchev–Trinajstić information content (AvgIpc) is 2.50. The highest BCUT2D eigenvalue weighted by Crippen LogP contribution is 2.13. The van der Waals surface area contributed by atoms with Gasteiger partial charge in [-0.15, -0.1) is 0 Å². The molecule has 2 aromatic rings. The summed E-state index contributed by atoms with van der Waals surface area (Å²) in [5.74, 6) is 0.806. The van der Waals surface area contributed by atoms with Gasteiger partial charge in [-0.3, -0.25) is 5.43 Å². The zero-order valence-electron chi connectivity index (χ0n) is 11.3. The Labute approximate surface area is 133 Å². The molecular formula is C15H14ClN3OS. The van der Waals surface area contributed by atoms with Gasteiger partial charge in [0.2, 0.25) is 0 Å². The highest BCUT2D eigenvalue weighted by molar-refractivity contribution is 7.80. The Morgan fingerprint density at radius 2 is 1.81 bits per heavy atom. The van der Waals surface area contributed by atoms with Crippen LogP contribution in [0, 0.1) is 0 Å². The first-order valence-electron chi connectivity index (χ1n) is 6.17. The van der Waals surface area contributed by atoms with Crippen LogP contribution in [0.5, 0.6) is 5.75 Å². The fourth-order valence-electron chi connectivity index (χ4n) is 1.55. The molecule has 6 heteroatoms. The number of halogens is 1. The smallest absolute Gasteiger partial charge is 0.191 e. The van der Waals surface area contributed by atoms with Gasteiger partial charge >= 0.3 is 0 Å². The van der Waals surface area contributed by atoms with Crippen molar-refractivity contribution in [3.05, 3.63) is 59.1 Å². The summed E-state index contributed by atoms with van der Waals surface area (Å²) in [5.41, 5.74) is 4.53. The van der Waals surface area contributed by atoms with Crippen molar-refractivity contribution in [2.24, 2.45) is 5.10 Å². The minimum absolute atomic E-state index is 0.405. The molecule has 0 atom stereocenters. The van der Waals surface area contributed by atoms with Crippen molar-refractivity contribution < 1.29 is 4.74 Å². The van der Waals surface area contributed by atoms with Crippen molar-refractivity contribution in [1.29, 1.82) is 0 Å². The largest absolute Gasteiger partial charge is 0.497 e. The third kappa shape index (κ3) is 5.06. The number of benzene rings is 2. The number of methoxy groups -OCH3 is 1. The van der Waals surface area contributed by atoms with Crippen LogP contribution in [0.1, 0.15) is 5.56 Å². The maximum atomic E-state index is 5.81. The van der Waals surface area contributed by atoms with Crippen LogP contribution < -0.4 is 15.5 Å². The van der Waals surface area contributed by atoms with E-state index in [0.29, 0.717) is 10.1 Å². The van der Waals surface area contributed by atoms with E-state index in [1.165, 1.54) is 0 Å². The number of hydrogen-bond donors (Lipinski definition) is 2. The van der Waals surface area contributed by atoms with Crippen molar-refractivity contribution in [2.75, 3.05) is 12.4 Å². The summed E-state index contributed by atoms with van der Waals surface area (Å²) in [6, 6.07) is 14.8. The van der Waals surface area contributed by atoms with Gasteiger partial charge in [0.1, 0.15) is 5.75 Å². The minimum Gasteiger partial charge on any atom is -0.497 e. The Hall–Kier alpha value is -2.11. The van der Waals surface area contributed by atoms with Crippen molar-refractivity contribution in [3.63, 3.8) is 0 Å². The van der Waals surface area contributed by atoms with Crippen LogP contribution in [0.25, 0.3) is 0 Å². The molecule has 0 spiro atoms. The summed E-state index contributed by atoms with van der Waals surface area (Å²) in [6.45, 7) is 0. The molecular weight excluding hydrogens is 306 g/mol. The van der Waals surface area contributed by atoms with E-state index in [2.05, 4.69) is 15.8 Å². The van der Waals surface area contributed by atoms with Crippen LogP contribution in [-0.2, 0) is 0 Å². The molecule has 0 radical (unpaired) electrons. The van der Waals surface area contributed by atoms with Crippen LogP contribution in [0.2, 0.25) is 5.02 Å². The third-order valence-corrected chi connectivity index (χ3v) is 3.04. The van der Waals surface area contributed by atoms with Crippen LogP contribution in [-0.4, -0.2) is 18.4 Å². The highest BCUT2D eigenvalue weighted by Gasteiger charge is 1.96. The Morgan fingerprint density at radius 1 is 1.14 bits per heavy atom. The molecule has 0 saturated heterocycles. The zero-order chi connectivity index (χ0) is 15.1. The lowest BCUT2D eigenvalue weighted by Crippen LogP contribution is -2.23. The van der Waals surface area contributed by atoms with Crippen LogP contribution in [0.15, 0.2) is 53.6 Å². The Kier molecular flexibility index (Phi) is 5.54. The molecule has 21 heavy (non-hydrogen) atoms. The summed E-state index contributed by atoms with van der Waals surface area (Å²) in [7, 11) is 1.63. The van der Waals surface area contributed by atoms with E-state index >= 15 is 0 Å². The van der Waals surface area contributed by atoms with E-state index in [-0.39, 0.29) is 0 Å². The number of nitrogens with zero attached hydrogens (tertiary/aromatic N) is 1. The monoisotopic (exact) mass is 319 g/mol. The lowest BCUT2D eigenvalue weighted by Gasteiger charge is -2.06. The van der Waals surface area contributed by atoms with Crippen LogP contribution in [0.4, 0.5) is 5.69 Å². The molecule has 2 aromatic carbocycles. The summed E-state index contributed by atoms with van der Waals surface area (Å²) in [4.78, 5) is 0.